The highest BCUT2D eigenvalue weighted by atomic mass is 15.4. The molecule has 39 heavy (non-hydrogen) atoms. The van der Waals surface area contributed by atoms with Gasteiger partial charge < -0.3 is 0 Å². The van der Waals surface area contributed by atoms with Crippen LogP contribution in [0.1, 0.15) is 113 Å². The number of nitrogens with zero attached hydrogens (tertiary/aromatic N) is 6. The molecule has 0 aliphatic rings. The molecule has 4 aromatic rings. The van der Waals surface area contributed by atoms with Gasteiger partial charge in [0.2, 0.25) is 0 Å². The van der Waals surface area contributed by atoms with Crippen molar-refractivity contribution in [2.75, 3.05) is 0 Å². The molecule has 0 amide bonds. The van der Waals surface area contributed by atoms with Crippen molar-refractivity contribution in [2.24, 2.45) is 11.8 Å². The first kappa shape index (κ1) is 28.7. The van der Waals surface area contributed by atoms with Crippen molar-refractivity contribution in [3.8, 4) is 0 Å². The Balaban J connectivity index is 1.30. The Labute approximate surface area is 234 Å². The lowest BCUT2D eigenvalue weighted by molar-refractivity contribution is 0.342. The minimum Gasteiger partial charge on any atom is -0.249 e. The maximum absolute atomic E-state index is 4.50. The fraction of sp³-hybridized carbons (Fsp3) is 0.515. The largest absolute Gasteiger partial charge is 0.249 e. The molecule has 6 nitrogen and oxygen atoms in total. The van der Waals surface area contributed by atoms with Crippen LogP contribution < -0.4 is 0 Å². The van der Waals surface area contributed by atoms with Crippen molar-refractivity contribution in [2.45, 2.75) is 98.1 Å². The van der Waals surface area contributed by atoms with Gasteiger partial charge in [-0.15, -0.1) is 10.2 Å². The van der Waals surface area contributed by atoms with Crippen molar-refractivity contribution in [3.05, 3.63) is 95.1 Å². The molecular formula is C33H46N6. The molecule has 4 rings (SSSR count). The minimum absolute atomic E-state index is 0.232. The van der Waals surface area contributed by atoms with Crippen molar-refractivity contribution in [1.82, 2.24) is 30.0 Å². The first-order valence-corrected chi connectivity index (χ1v) is 14.7. The van der Waals surface area contributed by atoms with E-state index in [2.05, 4.69) is 135 Å². The molecule has 2 aromatic carbocycles. The average molecular weight is 527 g/mol. The third-order valence-corrected chi connectivity index (χ3v) is 8.38. The first-order valence-electron chi connectivity index (χ1n) is 14.7. The number of aromatic nitrogens is 6. The summed E-state index contributed by atoms with van der Waals surface area (Å²) < 4.78 is 4.11. The highest BCUT2D eigenvalue weighted by Gasteiger charge is 2.19. The lowest BCUT2D eigenvalue weighted by atomic mass is 9.92. The van der Waals surface area contributed by atoms with Crippen LogP contribution in [0, 0.1) is 11.8 Å². The molecule has 0 spiro atoms. The zero-order valence-corrected chi connectivity index (χ0v) is 24.8. The molecule has 0 saturated carbocycles. The zero-order valence-electron chi connectivity index (χ0n) is 24.8. The Hall–Kier alpha value is -3.28. The van der Waals surface area contributed by atoms with E-state index in [-0.39, 0.29) is 12.0 Å². The summed E-state index contributed by atoms with van der Waals surface area (Å²) in [5, 5.41) is 17.9. The molecule has 208 valence electrons. The van der Waals surface area contributed by atoms with Crippen molar-refractivity contribution >= 4 is 0 Å². The smallest absolute Gasteiger partial charge is 0.0899 e. The molecule has 0 fully saturated rings. The van der Waals surface area contributed by atoms with Crippen LogP contribution >= 0.6 is 0 Å². The molecule has 0 N–H and O–H groups in total. The standard InChI is InChI=1S/C33H46N6/c1-8-31(39-22-32(34-37-39)26(6)23(2)3)19-24(4)18-28-14-16-29(17-15-28)20-25(5)38-21-33(35-36-38)27(7)30-12-10-9-11-13-30/h9-17,21-27,31H,8,18-20H2,1-7H3/t24?,25?,26-,27+,31?/m0/s1. The van der Waals surface area contributed by atoms with E-state index in [9.17, 15) is 0 Å². The van der Waals surface area contributed by atoms with E-state index in [1.165, 1.54) is 16.7 Å². The molecule has 0 bridgehead atoms. The van der Waals surface area contributed by atoms with Gasteiger partial charge in [0, 0.05) is 24.2 Å². The van der Waals surface area contributed by atoms with Gasteiger partial charge in [0.15, 0.2) is 0 Å². The maximum Gasteiger partial charge on any atom is 0.0899 e. The quantitative estimate of drug-likeness (QED) is 0.178. The molecule has 5 atom stereocenters. The molecular weight excluding hydrogens is 480 g/mol. The van der Waals surface area contributed by atoms with Gasteiger partial charge >= 0.3 is 0 Å². The van der Waals surface area contributed by atoms with Crippen LogP contribution in [0.3, 0.4) is 0 Å². The van der Waals surface area contributed by atoms with Crippen LogP contribution in [-0.2, 0) is 12.8 Å². The molecule has 0 radical (unpaired) electrons. The van der Waals surface area contributed by atoms with Gasteiger partial charge in [-0.3, -0.25) is 0 Å². The number of hydrogen-bond donors (Lipinski definition) is 0. The minimum atomic E-state index is 0.232. The van der Waals surface area contributed by atoms with E-state index in [4.69, 9.17) is 0 Å². The number of benzene rings is 2. The van der Waals surface area contributed by atoms with Crippen LogP contribution in [0.15, 0.2) is 67.0 Å². The summed E-state index contributed by atoms with van der Waals surface area (Å²) in [6.07, 6.45) is 8.43. The monoisotopic (exact) mass is 526 g/mol. The molecule has 3 unspecified atom stereocenters. The molecule has 2 aromatic heterocycles. The normalized spacial score (nSPS) is 15.7. The second-order valence-electron chi connectivity index (χ2n) is 11.9. The first-order chi connectivity index (χ1) is 18.7. The summed E-state index contributed by atoms with van der Waals surface area (Å²) in [6.45, 7) is 15.7. The molecule has 0 aliphatic carbocycles. The highest BCUT2D eigenvalue weighted by Crippen LogP contribution is 2.27. The zero-order chi connectivity index (χ0) is 27.9. The Morgan fingerprint density at radius 3 is 1.92 bits per heavy atom. The van der Waals surface area contributed by atoms with E-state index in [0.29, 0.717) is 23.8 Å². The summed E-state index contributed by atoms with van der Waals surface area (Å²) in [5.74, 6) is 1.79. The molecule has 0 saturated heterocycles. The Morgan fingerprint density at radius 2 is 1.28 bits per heavy atom. The van der Waals surface area contributed by atoms with Gasteiger partial charge in [0.05, 0.1) is 23.5 Å². The third-order valence-electron chi connectivity index (χ3n) is 8.38. The van der Waals surface area contributed by atoms with Crippen molar-refractivity contribution in [1.29, 1.82) is 0 Å². The van der Waals surface area contributed by atoms with Crippen LogP contribution in [0.5, 0.6) is 0 Å². The Kier molecular flexibility index (Phi) is 9.71. The topological polar surface area (TPSA) is 61.4 Å². The van der Waals surface area contributed by atoms with Crippen LogP contribution in [0.2, 0.25) is 0 Å². The summed E-state index contributed by atoms with van der Waals surface area (Å²) >= 11 is 0. The van der Waals surface area contributed by atoms with Gasteiger partial charge in [-0.2, -0.15) is 0 Å². The van der Waals surface area contributed by atoms with Crippen molar-refractivity contribution < 1.29 is 0 Å². The van der Waals surface area contributed by atoms with Gasteiger partial charge in [-0.05, 0) is 61.1 Å². The van der Waals surface area contributed by atoms with Crippen molar-refractivity contribution in [3.63, 3.8) is 0 Å². The maximum atomic E-state index is 4.50. The summed E-state index contributed by atoms with van der Waals surface area (Å²) in [5.41, 5.74) is 6.10. The summed E-state index contributed by atoms with van der Waals surface area (Å²) in [6, 6.07) is 20.3. The van der Waals surface area contributed by atoms with Crippen LogP contribution in [0.25, 0.3) is 0 Å². The number of rotatable bonds is 13. The predicted octanol–water partition coefficient (Wildman–Crippen LogP) is 7.80. The Bertz CT molecular complexity index is 1270. The van der Waals surface area contributed by atoms with E-state index >= 15 is 0 Å². The van der Waals surface area contributed by atoms with Crippen LogP contribution in [-0.4, -0.2) is 30.0 Å². The van der Waals surface area contributed by atoms with E-state index in [1.807, 2.05) is 10.7 Å². The SMILES string of the molecule is CCC(CC(C)Cc1ccc(CC(C)n2cc([C@H](C)c3ccccc3)nn2)cc1)n1cc([C@@H](C)C(C)C)nn1. The fourth-order valence-electron chi connectivity index (χ4n) is 5.29. The third kappa shape index (κ3) is 7.43. The lowest BCUT2D eigenvalue weighted by Crippen LogP contribution is -2.14. The Morgan fingerprint density at radius 1 is 0.692 bits per heavy atom. The van der Waals surface area contributed by atoms with E-state index in [0.717, 1.165) is 37.1 Å². The predicted molar refractivity (Wildman–Crippen MR) is 159 cm³/mol. The second kappa shape index (κ2) is 13.2. The average Bonchev–Trinajstić information content (AvgIpc) is 3.63. The molecule has 0 aliphatic heterocycles. The molecule has 6 heteroatoms. The van der Waals surface area contributed by atoms with Gasteiger partial charge in [-0.1, -0.05) is 107 Å². The fourth-order valence-corrected chi connectivity index (χ4v) is 5.29. The highest BCUT2D eigenvalue weighted by molar-refractivity contribution is 5.26. The second-order valence-corrected chi connectivity index (χ2v) is 11.9. The van der Waals surface area contributed by atoms with Gasteiger partial charge in [-0.25, -0.2) is 9.36 Å². The summed E-state index contributed by atoms with van der Waals surface area (Å²) in [7, 11) is 0. The summed E-state index contributed by atoms with van der Waals surface area (Å²) in [4.78, 5) is 0. The lowest BCUT2D eigenvalue weighted by Gasteiger charge is -2.20. The van der Waals surface area contributed by atoms with Gasteiger partial charge in [0.1, 0.15) is 0 Å². The van der Waals surface area contributed by atoms with Crippen LogP contribution in [0.4, 0.5) is 0 Å². The van der Waals surface area contributed by atoms with Gasteiger partial charge in [0.25, 0.3) is 0 Å². The number of hydrogen-bond acceptors (Lipinski definition) is 4. The molecule has 2 heterocycles. The van der Waals surface area contributed by atoms with E-state index < -0.39 is 0 Å². The van der Waals surface area contributed by atoms with E-state index in [1.54, 1.807) is 0 Å².